The normalized spacial score (nSPS) is 12.9. The van der Waals surface area contributed by atoms with E-state index in [0.717, 1.165) is 34.1 Å². The number of rotatable bonds is 10. The Hall–Kier alpha value is -8.95. The molecule has 4 aromatic heterocycles. The van der Waals surface area contributed by atoms with Crippen LogP contribution in [0.1, 0.15) is 52.7 Å². The van der Waals surface area contributed by atoms with Crippen LogP contribution in [0.25, 0.3) is 98.4 Å². The van der Waals surface area contributed by atoms with Gasteiger partial charge in [0.05, 0.1) is 72.0 Å². The first kappa shape index (κ1) is 53.8. The molecule has 0 unspecified atom stereocenters. The molecule has 15 rings (SSSR count). The van der Waals surface area contributed by atoms with Gasteiger partial charge in [-0.25, -0.2) is 0 Å². The molecule has 0 fully saturated rings. The molecule has 0 bridgehead atoms. The average molecular weight is 1150 g/mol. The van der Waals surface area contributed by atoms with Gasteiger partial charge in [-0.2, -0.15) is 0 Å². The number of hydrogen-bond acceptors (Lipinski definition) is 2. The third-order valence-corrected chi connectivity index (χ3v) is 22.8. The maximum absolute atomic E-state index is 2.58. The first-order valence-corrected chi connectivity index (χ1v) is 37.8. The summed E-state index contributed by atoms with van der Waals surface area (Å²) < 4.78 is 5.16. The van der Waals surface area contributed by atoms with Crippen LogP contribution >= 0.6 is 0 Å². The van der Waals surface area contributed by atoms with Crippen LogP contribution in [0.5, 0.6) is 0 Å². The molecule has 0 saturated carbocycles. The lowest BCUT2D eigenvalue weighted by Gasteiger charge is -2.29. The van der Waals surface area contributed by atoms with Gasteiger partial charge in [-0.3, -0.25) is 0 Å². The van der Waals surface area contributed by atoms with Gasteiger partial charge in [0.25, 0.3) is 0 Å². The Morgan fingerprint density at radius 3 is 1.01 bits per heavy atom. The fraction of sp³-hybridized carbons (Fsp3) is 0.175. The lowest BCUT2D eigenvalue weighted by Crippen LogP contribution is -2.37. The summed E-state index contributed by atoms with van der Waals surface area (Å²) in [6.45, 7) is 28.4. The van der Waals surface area contributed by atoms with Crippen molar-refractivity contribution in [1.82, 2.24) is 8.80 Å². The van der Waals surface area contributed by atoms with Crippen LogP contribution in [0.3, 0.4) is 0 Å². The molecule has 86 heavy (non-hydrogen) atoms. The molecule has 0 aliphatic rings. The van der Waals surface area contributed by atoms with E-state index in [0.29, 0.717) is 0 Å². The lowest BCUT2D eigenvalue weighted by molar-refractivity contribution is 0.590. The molecule has 6 heteroatoms. The second-order valence-corrected chi connectivity index (χ2v) is 38.4. The van der Waals surface area contributed by atoms with Gasteiger partial charge in [-0.15, -0.1) is 0 Å². The zero-order chi connectivity index (χ0) is 59.3. The van der Waals surface area contributed by atoms with E-state index >= 15 is 0 Å². The highest BCUT2D eigenvalue weighted by Crippen LogP contribution is 2.53. The van der Waals surface area contributed by atoms with E-state index < -0.39 is 16.1 Å². The summed E-state index contributed by atoms with van der Waals surface area (Å²) in [7, 11) is -3.18. The molecule has 0 amide bonds. The molecule has 0 N–H and O–H groups in total. The second kappa shape index (κ2) is 19.3. The standard InChI is InChI=1S/C80H74N4Si2/c1-79(2,3)53-33-29-51(30-34-53)59-21-13-17-25-67(59)81(55-37-41-57(42-38-55)85(7,8)9)71-47-45-61-65-49-74-66(50-73(65)83-69-27-19-15-23-63(69)75(71)77(61)83)62-46-48-72(76-64-24-16-20-28-70(64)84(74)78(62)76)82(56-39-43-58(44-40-56)86(10,11)12)68-26-18-14-22-60(68)52-31-35-54(36-32-52)80(4,5)6/h13-50H,1-12H3. The van der Waals surface area contributed by atoms with E-state index in [1.165, 1.54) is 120 Å². The summed E-state index contributed by atoms with van der Waals surface area (Å²) >= 11 is 0. The van der Waals surface area contributed by atoms with Crippen LogP contribution in [0, 0.1) is 0 Å². The predicted octanol–water partition coefficient (Wildman–Crippen LogP) is 21.9. The van der Waals surface area contributed by atoms with Crippen LogP contribution < -0.4 is 20.2 Å². The first-order valence-electron chi connectivity index (χ1n) is 30.8. The van der Waals surface area contributed by atoms with Gasteiger partial charge in [0.15, 0.2) is 0 Å². The Morgan fingerprint density at radius 1 is 0.302 bits per heavy atom. The van der Waals surface area contributed by atoms with Gasteiger partial charge < -0.3 is 18.6 Å². The molecule has 0 atom stereocenters. The van der Waals surface area contributed by atoms with Crippen molar-refractivity contribution in [2.24, 2.45) is 0 Å². The number of anilines is 6. The quantitative estimate of drug-likeness (QED) is 0.127. The van der Waals surface area contributed by atoms with Crippen LogP contribution in [0.15, 0.2) is 231 Å². The molecule has 0 aliphatic heterocycles. The lowest BCUT2D eigenvalue weighted by atomic mass is 9.86. The van der Waals surface area contributed by atoms with E-state index in [1.54, 1.807) is 0 Å². The predicted molar refractivity (Wildman–Crippen MR) is 379 cm³/mol. The van der Waals surface area contributed by atoms with Crippen molar-refractivity contribution in [3.05, 3.63) is 242 Å². The average Bonchev–Trinajstić information content (AvgIpc) is 1.53. The molecule has 11 aromatic carbocycles. The zero-order valence-electron chi connectivity index (χ0n) is 51.7. The fourth-order valence-electron chi connectivity index (χ4n) is 14.0. The minimum absolute atomic E-state index is 0.0546. The fourth-order valence-corrected chi connectivity index (χ4v) is 16.3. The van der Waals surface area contributed by atoms with Crippen molar-refractivity contribution in [3.63, 3.8) is 0 Å². The number of hydrogen-bond donors (Lipinski definition) is 0. The van der Waals surface area contributed by atoms with Crippen molar-refractivity contribution in [1.29, 1.82) is 0 Å². The molecule has 422 valence electrons. The smallest absolute Gasteiger partial charge is 0.0775 e. The highest BCUT2D eigenvalue weighted by molar-refractivity contribution is 6.89. The van der Waals surface area contributed by atoms with Gasteiger partial charge in [0, 0.05) is 65.6 Å². The van der Waals surface area contributed by atoms with Gasteiger partial charge in [-0.05, 0) is 106 Å². The van der Waals surface area contributed by atoms with Crippen LogP contribution in [-0.4, -0.2) is 24.9 Å². The molecule has 0 aliphatic carbocycles. The summed E-state index contributed by atoms with van der Waals surface area (Å²) in [6, 6.07) is 88.4. The van der Waals surface area contributed by atoms with E-state index in [4.69, 9.17) is 0 Å². The van der Waals surface area contributed by atoms with Crippen molar-refractivity contribution >= 4 is 137 Å². The summed E-state index contributed by atoms with van der Waals surface area (Å²) in [4.78, 5) is 5.09. The third kappa shape index (κ3) is 8.42. The van der Waals surface area contributed by atoms with Crippen molar-refractivity contribution in [2.75, 3.05) is 9.80 Å². The largest absolute Gasteiger partial charge is 0.309 e. The number of benzene rings is 11. The highest BCUT2D eigenvalue weighted by Gasteiger charge is 2.30. The number of aromatic nitrogens is 2. The molecule has 0 radical (unpaired) electrons. The van der Waals surface area contributed by atoms with E-state index in [2.05, 4.69) is 330 Å². The Balaban J connectivity index is 0.973. The molecule has 15 aromatic rings. The molecular formula is C80H74N4Si2. The third-order valence-electron chi connectivity index (χ3n) is 18.6. The van der Waals surface area contributed by atoms with Crippen LogP contribution in [-0.2, 0) is 10.8 Å². The maximum atomic E-state index is 2.58. The SMILES string of the molecule is CC(C)(C)c1ccc(-c2ccccc2N(c2ccc([Si](C)(C)C)cc2)c2ccc3c4cc5c(cc4n4c6ccccc6c2c34)c2ccc(N(c3ccc([Si](C)(C)C)cc3)c3ccccc3-c3ccc(C(C)(C)C)cc3)c3c4ccccc4n5c23)cc1. The minimum atomic E-state index is -1.59. The molecular weight excluding hydrogens is 1070 g/mol. The Bertz CT molecular complexity index is 4790. The number of nitrogens with zero attached hydrogens (tertiary/aromatic N) is 4. The summed E-state index contributed by atoms with van der Waals surface area (Å²) in [5, 5.41) is 12.9. The van der Waals surface area contributed by atoms with E-state index in [-0.39, 0.29) is 10.8 Å². The van der Waals surface area contributed by atoms with Crippen LogP contribution in [0.4, 0.5) is 34.1 Å². The van der Waals surface area contributed by atoms with Gasteiger partial charge >= 0.3 is 0 Å². The first-order chi connectivity index (χ1) is 41.2. The summed E-state index contributed by atoms with van der Waals surface area (Å²) in [5.41, 5.74) is 21.8. The summed E-state index contributed by atoms with van der Waals surface area (Å²) in [6.07, 6.45) is 0. The van der Waals surface area contributed by atoms with Gasteiger partial charge in [0.1, 0.15) is 0 Å². The topological polar surface area (TPSA) is 15.3 Å². The molecule has 4 heterocycles. The zero-order valence-corrected chi connectivity index (χ0v) is 53.7. The molecule has 4 nitrogen and oxygen atoms in total. The second-order valence-electron chi connectivity index (χ2n) is 28.3. The van der Waals surface area contributed by atoms with Crippen molar-refractivity contribution in [2.45, 2.75) is 91.7 Å². The van der Waals surface area contributed by atoms with Crippen molar-refractivity contribution in [3.8, 4) is 22.3 Å². The van der Waals surface area contributed by atoms with Crippen molar-refractivity contribution < 1.29 is 0 Å². The molecule has 0 saturated heterocycles. The van der Waals surface area contributed by atoms with Crippen LogP contribution in [0.2, 0.25) is 39.3 Å². The highest BCUT2D eigenvalue weighted by atomic mass is 28.3. The maximum Gasteiger partial charge on any atom is 0.0775 e. The van der Waals surface area contributed by atoms with Gasteiger partial charge in [-0.1, -0.05) is 249 Å². The monoisotopic (exact) mass is 1150 g/mol. The number of fused-ring (bicyclic) bond motifs is 12. The van der Waals surface area contributed by atoms with E-state index in [9.17, 15) is 0 Å². The van der Waals surface area contributed by atoms with Gasteiger partial charge in [0.2, 0.25) is 0 Å². The Kier molecular flexibility index (Phi) is 12.1. The Labute approximate surface area is 507 Å². The number of para-hydroxylation sites is 4. The van der Waals surface area contributed by atoms with E-state index in [1.807, 2.05) is 0 Å². The summed E-state index contributed by atoms with van der Waals surface area (Å²) in [5.74, 6) is 0. The minimum Gasteiger partial charge on any atom is -0.309 e. The Morgan fingerprint density at radius 2 is 0.651 bits per heavy atom. The molecule has 0 spiro atoms.